The minimum absolute atomic E-state index is 0.109. The molecule has 6 nitrogen and oxygen atoms in total. The van der Waals surface area contributed by atoms with Gasteiger partial charge in [0.1, 0.15) is 5.92 Å². The minimum atomic E-state index is -0.748. The fraction of sp³-hybridized carbons (Fsp3) is 0.750. The summed E-state index contributed by atoms with van der Waals surface area (Å²) in [5.41, 5.74) is 0. The highest BCUT2D eigenvalue weighted by atomic mass is 16.2. The first kappa shape index (κ1) is 14.6. The molecule has 4 amide bonds. The van der Waals surface area contributed by atoms with E-state index in [1.807, 2.05) is 19.0 Å². The Bertz CT molecular complexity index is 352. The molecule has 0 spiro atoms. The molecule has 18 heavy (non-hydrogen) atoms. The number of urea groups is 1. The molecule has 1 rings (SSSR count). The van der Waals surface area contributed by atoms with Crippen molar-refractivity contribution in [1.82, 2.24) is 15.1 Å². The zero-order chi connectivity index (χ0) is 13.9. The lowest BCUT2D eigenvalue weighted by Gasteiger charge is -2.32. The Hall–Kier alpha value is -1.43. The van der Waals surface area contributed by atoms with Crippen molar-refractivity contribution in [3.05, 3.63) is 0 Å². The van der Waals surface area contributed by atoms with Crippen LogP contribution in [-0.4, -0.2) is 54.8 Å². The zero-order valence-corrected chi connectivity index (χ0v) is 11.4. The standard InChI is InChI=1S/C12H21N3O3/c1-8(2)9-10(16)13-12(18)15(11(9)17)7-5-6-14(3)4/h8-9H,5-7H2,1-4H3,(H,13,16,18). The van der Waals surface area contributed by atoms with Gasteiger partial charge >= 0.3 is 6.03 Å². The molecular formula is C12H21N3O3. The summed E-state index contributed by atoms with van der Waals surface area (Å²) in [5, 5.41) is 2.24. The number of hydrogen-bond donors (Lipinski definition) is 1. The molecule has 0 aromatic rings. The Morgan fingerprint density at radius 2 is 1.89 bits per heavy atom. The molecule has 0 aromatic carbocycles. The molecule has 6 heteroatoms. The van der Waals surface area contributed by atoms with E-state index in [4.69, 9.17) is 0 Å². The molecule has 1 heterocycles. The van der Waals surface area contributed by atoms with Crippen molar-refractivity contribution in [2.45, 2.75) is 20.3 Å². The fourth-order valence-electron chi connectivity index (χ4n) is 1.98. The molecule has 1 N–H and O–H groups in total. The first-order chi connectivity index (χ1) is 8.34. The van der Waals surface area contributed by atoms with Crippen LogP contribution in [0.1, 0.15) is 20.3 Å². The number of amides is 4. The lowest BCUT2D eigenvalue weighted by Crippen LogP contribution is -2.59. The zero-order valence-electron chi connectivity index (χ0n) is 11.4. The topological polar surface area (TPSA) is 69.7 Å². The third-order valence-electron chi connectivity index (χ3n) is 2.94. The number of rotatable bonds is 5. The average molecular weight is 255 g/mol. The molecule has 1 aliphatic rings. The maximum atomic E-state index is 12.1. The van der Waals surface area contributed by atoms with Crippen molar-refractivity contribution in [3.8, 4) is 0 Å². The van der Waals surface area contributed by atoms with E-state index in [0.717, 1.165) is 11.4 Å². The molecule has 0 radical (unpaired) electrons. The third kappa shape index (κ3) is 3.29. The molecule has 102 valence electrons. The third-order valence-corrected chi connectivity index (χ3v) is 2.94. The molecule has 1 atom stereocenters. The number of nitrogens with zero attached hydrogens (tertiary/aromatic N) is 2. The van der Waals surface area contributed by atoms with E-state index in [-0.39, 0.29) is 11.8 Å². The van der Waals surface area contributed by atoms with Crippen LogP contribution in [0.5, 0.6) is 0 Å². The van der Waals surface area contributed by atoms with E-state index in [2.05, 4.69) is 5.32 Å². The van der Waals surface area contributed by atoms with Gasteiger partial charge in [0.25, 0.3) is 0 Å². The van der Waals surface area contributed by atoms with Crippen LogP contribution in [0.2, 0.25) is 0 Å². The van der Waals surface area contributed by atoms with E-state index in [9.17, 15) is 14.4 Å². The summed E-state index contributed by atoms with van der Waals surface area (Å²) in [6.45, 7) is 4.74. The van der Waals surface area contributed by atoms with Gasteiger partial charge in [0, 0.05) is 6.54 Å². The van der Waals surface area contributed by atoms with E-state index >= 15 is 0 Å². The van der Waals surface area contributed by atoms with Crippen molar-refractivity contribution in [2.75, 3.05) is 27.2 Å². The van der Waals surface area contributed by atoms with Gasteiger partial charge in [0.15, 0.2) is 0 Å². The van der Waals surface area contributed by atoms with Crippen LogP contribution in [0, 0.1) is 11.8 Å². The molecule has 0 aliphatic carbocycles. The summed E-state index contributed by atoms with van der Waals surface area (Å²) in [7, 11) is 3.86. The van der Waals surface area contributed by atoms with Gasteiger partial charge in [-0.25, -0.2) is 4.79 Å². The molecule has 0 aromatic heterocycles. The van der Waals surface area contributed by atoms with Crippen LogP contribution in [0.4, 0.5) is 4.79 Å². The van der Waals surface area contributed by atoms with E-state index in [1.165, 1.54) is 0 Å². The second-order valence-corrected chi connectivity index (χ2v) is 5.16. The summed E-state index contributed by atoms with van der Waals surface area (Å²) in [5.74, 6) is -1.72. The molecule has 1 fully saturated rings. The van der Waals surface area contributed by atoms with Crippen molar-refractivity contribution in [1.29, 1.82) is 0 Å². The number of carbonyl (C=O) groups is 3. The van der Waals surface area contributed by atoms with Gasteiger partial charge in [0.2, 0.25) is 11.8 Å². The van der Waals surface area contributed by atoms with Crippen molar-refractivity contribution < 1.29 is 14.4 Å². The fourth-order valence-corrected chi connectivity index (χ4v) is 1.98. The van der Waals surface area contributed by atoms with Gasteiger partial charge in [-0.1, -0.05) is 13.8 Å². The first-order valence-electron chi connectivity index (χ1n) is 6.15. The van der Waals surface area contributed by atoms with E-state index in [1.54, 1.807) is 13.8 Å². The molecule has 1 unspecified atom stereocenters. The van der Waals surface area contributed by atoms with Gasteiger partial charge in [-0.15, -0.1) is 0 Å². The van der Waals surface area contributed by atoms with Crippen LogP contribution >= 0.6 is 0 Å². The molecular weight excluding hydrogens is 234 g/mol. The highest BCUT2D eigenvalue weighted by Crippen LogP contribution is 2.18. The lowest BCUT2D eigenvalue weighted by atomic mass is 9.92. The van der Waals surface area contributed by atoms with E-state index < -0.39 is 17.9 Å². The number of carbonyl (C=O) groups excluding carboxylic acids is 3. The maximum Gasteiger partial charge on any atom is 0.330 e. The lowest BCUT2D eigenvalue weighted by molar-refractivity contribution is -0.144. The average Bonchev–Trinajstić information content (AvgIpc) is 2.21. The molecule has 1 aliphatic heterocycles. The van der Waals surface area contributed by atoms with Gasteiger partial charge in [-0.05, 0) is 33.0 Å². The van der Waals surface area contributed by atoms with Crippen LogP contribution in [-0.2, 0) is 9.59 Å². The van der Waals surface area contributed by atoms with Gasteiger partial charge in [-0.3, -0.25) is 19.8 Å². The minimum Gasteiger partial charge on any atom is -0.309 e. The van der Waals surface area contributed by atoms with Gasteiger partial charge in [0.05, 0.1) is 0 Å². The van der Waals surface area contributed by atoms with Crippen LogP contribution in [0.15, 0.2) is 0 Å². The summed E-state index contributed by atoms with van der Waals surface area (Å²) >= 11 is 0. The smallest absolute Gasteiger partial charge is 0.309 e. The largest absolute Gasteiger partial charge is 0.330 e. The van der Waals surface area contributed by atoms with Crippen LogP contribution < -0.4 is 5.32 Å². The highest BCUT2D eigenvalue weighted by molar-refractivity contribution is 6.16. The normalized spacial score (nSPS) is 20.9. The van der Waals surface area contributed by atoms with Crippen molar-refractivity contribution >= 4 is 17.8 Å². The van der Waals surface area contributed by atoms with Gasteiger partial charge in [-0.2, -0.15) is 0 Å². The summed E-state index contributed by atoms with van der Waals surface area (Å²) in [6.07, 6.45) is 0.700. The summed E-state index contributed by atoms with van der Waals surface area (Å²) in [4.78, 5) is 38.4. The Kier molecular flexibility index (Phi) is 4.84. The van der Waals surface area contributed by atoms with Gasteiger partial charge < -0.3 is 4.90 Å². The molecule has 1 saturated heterocycles. The SMILES string of the molecule is CC(C)C1C(=O)NC(=O)N(CCCN(C)C)C1=O. The Morgan fingerprint density at radius 1 is 1.28 bits per heavy atom. The first-order valence-corrected chi connectivity index (χ1v) is 6.15. The molecule has 0 bridgehead atoms. The van der Waals surface area contributed by atoms with Crippen molar-refractivity contribution in [2.24, 2.45) is 11.8 Å². The number of imide groups is 2. The summed E-state index contributed by atoms with van der Waals surface area (Å²) in [6, 6.07) is -0.597. The predicted molar refractivity (Wildman–Crippen MR) is 66.8 cm³/mol. The number of hydrogen-bond acceptors (Lipinski definition) is 4. The monoisotopic (exact) mass is 255 g/mol. The predicted octanol–water partition coefficient (Wildman–Crippen LogP) is 0.289. The second kappa shape index (κ2) is 5.95. The van der Waals surface area contributed by atoms with Crippen LogP contribution in [0.3, 0.4) is 0 Å². The Morgan fingerprint density at radius 3 is 2.39 bits per heavy atom. The Balaban J connectivity index is 2.68. The quantitative estimate of drug-likeness (QED) is 0.717. The maximum absolute atomic E-state index is 12.1. The van der Waals surface area contributed by atoms with Crippen LogP contribution in [0.25, 0.3) is 0 Å². The summed E-state index contributed by atoms with van der Waals surface area (Å²) < 4.78 is 0. The van der Waals surface area contributed by atoms with Crippen molar-refractivity contribution in [3.63, 3.8) is 0 Å². The number of barbiturate groups is 1. The van der Waals surface area contributed by atoms with E-state index in [0.29, 0.717) is 13.0 Å². The highest BCUT2D eigenvalue weighted by Gasteiger charge is 2.41. The Labute approximate surface area is 107 Å². The number of nitrogens with one attached hydrogen (secondary N) is 1. The second-order valence-electron chi connectivity index (χ2n) is 5.16. The molecule has 0 saturated carbocycles.